The van der Waals surface area contributed by atoms with Crippen molar-refractivity contribution in [1.29, 1.82) is 0 Å². The van der Waals surface area contributed by atoms with Gasteiger partial charge in [0.05, 0.1) is 11.0 Å². The molecule has 3 heterocycles. The number of furan rings is 1. The van der Waals surface area contributed by atoms with Gasteiger partial charge in [-0.05, 0) is 75.1 Å². The van der Waals surface area contributed by atoms with Gasteiger partial charge in [-0.15, -0.1) is 0 Å². The second-order valence-electron chi connectivity index (χ2n) is 14.8. The van der Waals surface area contributed by atoms with Crippen LogP contribution >= 0.6 is 0 Å². The van der Waals surface area contributed by atoms with Crippen LogP contribution in [0.25, 0.3) is 116 Å². The molecular formula is C53H32N4O. The van der Waals surface area contributed by atoms with Crippen molar-refractivity contribution in [2.75, 3.05) is 0 Å². The van der Waals surface area contributed by atoms with Gasteiger partial charge in [-0.2, -0.15) is 0 Å². The molecule has 0 aliphatic heterocycles. The van der Waals surface area contributed by atoms with Crippen LogP contribution in [0.5, 0.6) is 0 Å². The van der Waals surface area contributed by atoms with Crippen LogP contribution in [0.3, 0.4) is 0 Å². The standard InChI is InChI=1S/C53H32N4O/c1-3-13-33(14-4-1)40-20-11-12-22-44(40)53-55-51(35-16-5-2-6-17-35)54-52(56-53)38-23-26-42-43-27-25-39(32-49(43)58-48(42)31-38)57-46-28-24-34-15-9-10-21-41(34)50(46)45-29-36-18-7-8-19-37(36)30-47(45)57/h1-32H. The summed E-state index contributed by atoms with van der Waals surface area (Å²) in [6.45, 7) is 0. The molecule has 9 aromatic carbocycles. The third-order valence-corrected chi connectivity index (χ3v) is 11.4. The van der Waals surface area contributed by atoms with Crippen molar-refractivity contribution in [2.45, 2.75) is 0 Å². The Balaban J connectivity index is 1.03. The Bertz CT molecular complexity index is 3570. The van der Waals surface area contributed by atoms with Crippen LogP contribution in [0.15, 0.2) is 199 Å². The fourth-order valence-electron chi connectivity index (χ4n) is 8.68. The Kier molecular flexibility index (Phi) is 7.16. The molecule has 12 rings (SSSR count). The van der Waals surface area contributed by atoms with E-state index in [-0.39, 0.29) is 0 Å². The first-order valence-corrected chi connectivity index (χ1v) is 19.5. The van der Waals surface area contributed by atoms with Crippen molar-refractivity contribution in [3.8, 4) is 51.0 Å². The quantitative estimate of drug-likeness (QED) is 0.176. The first kappa shape index (κ1) is 32.4. The molecule has 270 valence electrons. The molecule has 5 nitrogen and oxygen atoms in total. The summed E-state index contributed by atoms with van der Waals surface area (Å²) >= 11 is 0. The number of rotatable bonds is 5. The molecule has 0 aliphatic carbocycles. The number of nitrogens with zero attached hydrogens (tertiary/aromatic N) is 4. The van der Waals surface area contributed by atoms with Crippen LogP contribution in [-0.4, -0.2) is 19.5 Å². The highest BCUT2D eigenvalue weighted by Crippen LogP contribution is 2.41. The van der Waals surface area contributed by atoms with Gasteiger partial charge < -0.3 is 8.98 Å². The number of fused-ring (bicyclic) bond motifs is 9. The van der Waals surface area contributed by atoms with Crippen molar-refractivity contribution in [3.63, 3.8) is 0 Å². The predicted octanol–water partition coefficient (Wildman–Crippen LogP) is 13.8. The number of hydrogen-bond donors (Lipinski definition) is 0. The fourth-order valence-corrected chi connectivity index (χ4v) is 8.68. The lowest BCUT2D eigenvalue weighted by Crippen LogP contribution is -2.01. The highest BCUT2D eigenvalue weighted by Gasteiger charge is 2.19. The molecule has 0 atom stereocenters. The monoisotopic (exact) mass is 740 g/mol. The molecule has 0 bridgehead atoms. The zero-order chi connectivity index (χ0) is 38.2. The number of aromatic nitrogens is 4. The van der Waals surface area contributed by atoms with Gasteiger partial charge >= 0.3 is 0 Å². The topological polar surface area (TPSA) is 56.7 Å². The van der Waals surface area contributed by atoms with Gasteiger partial charge in [0, 0.05) is 50.0 Å². The minimum Gasteiger partial charge on any atom is -0.456 e. The molecule has 0 saturated heterocycles. The van der Waals surface area contributed by atoms with Crippen LogP contribution in [0.1, 0.15) is 0 Å². The van der Waals surface area contributed by atoms with E-state index in [1.807, 2.05) is 42.5 Å². The lowest BCUT2D eigenvalue weighted by Gasteiger charge is -2.12. The molecule has 0 saturated carbocycles. The normalized spacial score (nSPS) is 11.8. The molecule has 0 N–H and O–H groups in total. The van der Waals surface area contributed by atoms with Gasteiger partial charge in [-0.3, -0.25) is 0 Å². The molecule has 58 heavy (non-hydrogen) atoms. The minimum atomic E-state index is 0.583. The molecule has 0 fully saturated rings. The molecule has 12 aromatic rings. The van der Waals surface area contributed by atoms with Crippen molar-refractivity contribution < 1.29 is 4.42 Å². The van der Waals surface area contributed by atoms with E-state index in [0.717, 1.165) is 66.5 Å². The zero-order valence-electron chi connectivity index (χ0n) is 31.2. The largest absolute Gasteiger partial charge is 0.456 e. The molecule has 3 aromatic heterocycles. The highest BCUT2D eigenvalue weighted by molar-refractivity contribution is 6.23. The SMILES string of the molecule is c1ccc(-c2nc(-c3ccc4c(c3)oc3cc(-n5c6cc7ccccc7cc6c6c7ccccc7ccc65)ccc34)nc(-c3ccccc3-c3ccccc3)n2)cc1. The minimum absolute atomic E-state index is 0.583. The molecule has 0 spiro atoms. The molecule has 0 aliphatic rings. The maximum Gasteiger partial charge on any atom is 0.164 e. The van der Waals surface area contributed by atoms with Gasteiger partial charge in [0.2, 0.25) is 0 Å². The summed E-state index contributed by atoms with van der Waals surface area (Å²) in [6, 6.07) is 68.0. The Morgan fingerprint density at radius 3 is 1.74 bits per heavy atom. The highest BCUT2D eigenvalue weighted by atomic mass is 16.3. The van der Waals surface area contributed by atoms with Crippen LogP contribution in [0, 0.1) is 0 Å². The van der Waals surface area contributed by atoms with Crippen LogP contribution < -0.4 is 0 Å². The Labute approximate surface area is 333 Å². The van der Waals surface area contributed by atoms with Crippen molar-refractivity contribution in [1.82, 2.24) is 19.5 Å². The fraction of sp³-hybridized carbons (Fsp3) is 0. The van der Waals surface area contributed by atoms with E-state index >= 15 is 0 Å². The maximum absolute atomic E-state index is 6.74. The first-order valence-electron chi connectivity index (χ1n) is 19.5. The summed E-state index contributed by atoms with van der Waals surface area (Å²) in [5.74, 6) is 1.81. The number of benzene rings is 9. The van der Waals surface area contributed by atoms with E-state index < -0.39 is 0 Å². The number of hydrogen-bond acceptors (Lipinski definition) is 4. The van der Waals surface area contributed by atoms with E-state index in [1.165, 1.54) is 32.3 Å². The first-order chi connectivity index (χ1) is 28.7. The van der Waals surface area contributed by atoms with Crippen molar-refractivity contribution in [3.05, 3.63) is 194 Å². The zero-order valence-corrected chi connectivity index (χ0v) is 31.2. The average molecular weight is 741 g/mol. The van der Waals surface area contributed by atoms with E-state index in [0.29, 0.717) is 17.5 Å². The van der Waals surface area contributed by atoms with Gasteiger partial charge in [0.15, 0.2) is 17.5 Å². The molecule has 0 unspecified atom stereocenters. The lowest BCUT2D eigenvalue weighted by atomic mass is 9.99. The second-order valence-corrected chi connectivity index (χ2v) is 14.8. The molecule has 0 radical (unpaired) electrons. The summed E-state index contributed by atoms with van der Waals surface area (Å²) < 4.78 is 9.12. The predicted molar refractivity (Wildman–Crippen MR) is 238 cm³/mol. The Morgan fingerprint density at radius 1 is 0.345 bits per heavy atom. The van der Waals surface area contributed by atoms with Crippen molar-refractivity contribution >= 4 is 65.3 Å². The van der Waals surface area contributed by atoms with Gasteiger partial charge in [-0.25, -0.2) is 15.0 Å². The summed E-state index contributed by atoms with van der Waals surface area (Å²) in [5, 5.41) is 9.50. The van der Waals surface area contributed by atoms with E-state index in [9.17, 15) is 0 Å². The summed E-state index contributed by atoms with van der Waals surface area (Å²) in [4.78, 5) is 15.2. The summed E-state index contributed by atoms with van der Waals surface area (Å²) in [7, 11) is 0. The second kappa shape index (κ2) is 12.8. The average Bonchev–Trinajstić information content (AvgIpc) is 3.83. The molecule has 0 amide bonds. The van der Waals surface area contributed by atoms with Crippen LogP contribution in [0.2, 0.25) is 0 Å². The summed E-state index contributed by atoms with van der Waals surface area (Å²) in [6.07, 6.45) is 0. The van der Waals surface area contributed by atoms with E-state index in [1.54, 1.807) is 0 Å². The van der Waals surface area contributed by atoms with Gasteiger partial charge in [0.1, 0.15) is 11.2 Å². The Morgan fingerprint density at radius 2 is 0.948 bits per heavy atom. The van der Waals surface area contributed by atoms with E-state index in [2.05, 4.69) is 156 Å². The van der Waals surface area contributed by atoms with Gasteiger partial charge in [0.25, 0.3) is 0 Å². The lowest BCUT2D eigenvalue weighted by molar-refractivity contribution is 0.668. The van der Waals surface area contributed by atoms with Crippen molar-refractivity contribution in [2.24, 2.45) is 0 Å². The Hall–Kier alpha value is -7.89. The summed E-state index contributed by atoms with van der Waals surface area (Å²) in [5.41, 5.74) is 9.85. The third-order valence-electron chi connectivity index (χ3n) is 11.4. The van der Waals surface area contributed by atoms with Gasteiger partial charge in [-0.1, -0.05) is 146 Å². The van der Waals surface area contributed by atoms with Crippen LogP contribution in [-0.2, 0) is 0 Å². The molecular weight excluding hydrogens is 709 g/mol. The van der Waals surface area contributed by atoms with Crippen LogP contribution in [0.4, 0.5) is 0 Å². The third kappa shape index (κ3) is 5.14. The molecule has 5 heteroatoms. The smallest absolute Gasteiger partial charge is 0.164 e. The maximum atomic E-state index is 6.74. The van der Waals surface area contributed by atoms with E-state index in [4.69, 9.17) is 19.4 Å².